The predicted octanol–water partition coefficient (Wildman–Crippen LogP) is 2.60. The molecule has 112 valence electrons. The summed E-state index contributed by atoms with van der Waals surface area (Å²) >= 11 is 5.99. The highest BCUT2D eigenvalue weighted by Gasteiger charge is 2.22. The Morgan fingerprint density at radius 2 is 1.95 bits per heavy atom. The summed E-state index contributed by atoms with van der Waals surface area (Å²) in [5.74, 6) is 0.446. The minimum atomic E-state index is -3.63. The molecule has 2 aromatic rings. The Hall–Kier alpha value is -1.63. The van der Waals surface area contributed by atoms with Gasteiger partial charge >= 0.3 is 0 Å². The third-order valence-electron chi connectivity index (χ3n) is 3.01. The molecular formula is C14H16ClN3O2S. The molecule has 0 unspecified atom stereocenters. The van der Waals surface area contributed by atoms with Crippen molar-refractivity contribution in [3.63, 3.8) is 0 Å². The molecule has 5 nitrogen and oxygen atoms in total. The van der Waals surface area contributed by atoms with Crippen molar-refractivity contribution in [1.29, 1.82) is 0 Å². The lowest BCUT2D eigenvalue weighted by molar-refractivity contribution is 0.466. The van der Waals surface area contributed by atoms with Crippen LogP contribution >= 0.6 is 11.6 Å². The van der Waals surface area contributed by atoms with Crippen LogP contribution in [-0.4, -0.2) is 31.8 Å². The number of anilines is 1. The van der Waals surface area contributed by atoms with Crippen molar-refractivity contribution in [2.45, 2.75) is 11.4 Å². The summed E-state index contributed by atoms with van der Waals surface area (Å²) in [7, 11) is -0.426. The third kappa shape index (κ3) is 3.53. The van der Waals surface area contributed by atoms with Crippen molar-refractivity contribution >= 4 is 27.4 Å². The average Bonchev–Trinajstić information content (AvgIpc) is 2.48. The highest BCUT2D eigenvalue weighted by molar-refractivity contribution is 7.89. The van der Waals surface area contributed by atoms with Crippen LogP contribution in [0.25, 0.3) is 0 Å². The summed E-state index contributed by atoms with van der Waals surface area (Å²) in [6.07, 6.45) is 1.30. The number of hydrogen-bond acceptors (Lipinski definition) is 4. The Morgan fingerprint density at radius 1 is 1.29 bits per heavy atom. The van der Waals surface area contributed by atoms with Crippen LogP contribution in [-0.2, 0) is 16.6 Å². The Kier molecular flexibility index (Phi) is 4.82. The summed E-state index contributed by atoms with van der Waals surface area (Å²) in [5, 5.41) is 3.06. The molecule has 0 radical (unpaired) electrons. The minimum Gasteiger partial charge on any atom is -0.372 e. The molecular weight excluding hydrogens is 310 g/mol. The number of sulfonamides is 1. The first-order chi connectivity index (χ1) is 9.95. The van der Waals surface area contributed by atoms with E-state index in [1.165, 1.54) is 23.6 Å². The van der Waals surface area contributed by atoms with Gasteiger partial charge in [0.15, 0.2) is 0 Å². The van der Waals surface area contributed by atoms with Gasteiger partial charge in [-0.25, -0.2) is 13.4 Å². The predicted molar refractivity (Wildman–Crippen MR) is 83.9 cm³/mol. The molecule has 0 aliphatic rings. The molecule has 7 heteroatoms. The van der Waals surface area contributed by atoms with Gasteiger partial charge in [0.25, 0.3) is 0 Å². The summed E-state index contributed by atoms with van der Waals surface area (Å²) in [6.45, 7) is 0.286. The normalized spacial score (nSPS) is 11.6. The van der Waals surface area contributed by atoms with E-state index in [9.17, 15) is 8.42 Å². The fraction of sp³-hybridized carbons (Fsp3) is 0.214. The second-order valence-corrected chi connectivity index (χ2v) is 6.95. The fourth-order valence-electron chi connectivity index (χ4n) is 1.85. The van der Waals surface area contributed by atoms with E-state index in [0.717, 1.165) is 5.56 Å². The monoisotopic (exact) mass is 325 g/mol. The molecule has 0 saturated carbocycles. The second kappa shape index (κ2) is 6.43. The van der Waals surface area contributed by atoms with E-state index in [4.69, 9.17) is 11.6 Å². The van der Waals surface area contributed by atoms with E-state index in [2.05, 4.69) is 10.3 Å². The molecule has 0 atom stereocenters. The highest BCUT2D eigenvalue weighted by atomic mass is 35.5. The summed E-state index contributed by atoms with van der Waals surface area (Å²) < 4.78 is 26.3. The van der Waals surface area contributed by atoms with Gasteiger partial charge in [0.1, 0.15) is 10.7 Å². The first-order valence-electron chi connectivity index (χ1n) is 6.28. The molecule has 21 heavy (non-hydrogen) atoms. The smallest absolute Gasteiger partial charge is 0.244 e. The molecule has 0 aliphatic carbocycles. The van der Waals surface area contributed by atoms with Gasteiger partial charge in [-0.05, 0) is 11.6 Å². The molecule has 0 amide bonds. The number of hydrogen-bond donors (Lipinski definition) is 1. The maximum absolute atomic E-state index is 12.5. The zero-order valence-corrected chi connectivity index (χ0v) is 13.3. The van der Waals surface area contributed by atoms with Crippen molar-refractivity contribution in [3.05, 3.63) is 53.2 Å². The lowest BCUT2D eigenvalue weighted by Gasteiger charge is -2.17. The SMILES string of the molecule is CNc1ncc(S(=O)(=O)N(C)Cc2ccccc2)cc1Cl. The molecule has 2 rings (SSSR count). The van der Waals surface area contributed by atoms with E-state index in [-0.39, 0.29) is 16.5 Å². The zero-order valence-electron chi connectivity index (χ0n) is 11.7. The number of aromatic nitrogens is 1. The summed E-state index contributed by atoms with van der Waals surface area (Å²) in [5.41, 5.74) is 0.912. The number of rotatable bonds is 5. The zero-order chi connectivity index (χ0) is 15.5. The topological polar surface area (TPSA) is 62.3 Å². The number of nitrogens with one attached hydrogen (secondary N) is 1. The number of nitrogens with zero attached hydrogens (tertiary/aromatic N) is 2. The van der Waals surface area contributed by atoms with Crippen LogP contribution in [0.2, 0.25) is 5.02 Å². The maximum atomic E-state index is 12.5. The maximum Gasteiger partial charge on any atom is 0.244 e. The molecule has 0 spiro atoms. The second-order valence-electron chi connectivity index (χ2n) is 4.50. The molecule has 1 heterocycles. The fourth-order valence-corrected chi connectivity index (χ4v) is 3.31. The van der Waals surface area contributed by atoms with Gasteiger partial charge < -0.3 is 5.32 Å². The van der Waals surface area contributed by atoms with Gasteiger partial charge in [-0.1, -0.05) is 41.9 Å². The van der Waals surface area contributed by atoms with Gasteiger partial charge in [-0.2, -0.15) is 4.31 Å². The number of benzene rings is 1. The molecule has 0 aliphatic heterocycles. The van der Waals surface area contributed by atoms with Crippen molar-refractivity contribution in [2.75, 3.05) is 19.4 Å². The van der Waals surface area contributed by atoms with Crippen molar-refractivity contribution in [1.82, 2.24) is 9.29 Å². The standard InChI is InChI=1S/C14H16ClN3O2S/c1-16-14-13(15)8-12(9-17-14)21(19,20)18(2)10-11-6-4-3-5-7-11/h3-9H,10H2,1-2H3,(H,16,17). The first-order valence-corrected chi connectivity index (χ1v) is 8.10. The van der Waals surface area contributed by atoms with Crippen LogP contribution in [0.3, 0.4) is 0 Å². The first kappa shape index (κ1) is 15.8. The quantitative estimate of drug-likeness (QED) is 0.918. The van der Waals surface area contributed by atoms with Gasteiger partial charge in [0.2, 0.25) is 10.0 Å². The van der Waals surface area contributed by atoms with E-state index in [1.807, 2.05) is 30.3 Å². The lowest BCUT2D eigenvalue weighted by Crippen LogP contribution is -2.26. The Balaban J connectivity index is 2.27. The van der Waals surface area contributed by atoms with E-state index >= 15 is 0 Å². The highest BCUT2D eigenvalue weighted by Crippen LogP contribution is 2.24. The van der Waals surface area contributed by atoms with Crippen LogP contribution in [0.4, 0.5) is 5.82 Å². The number of halogens is 1. The molecule has 1 N–H and O–H groups in total. The van der Waals surface area contributed by atoms with Crippen molar-refractivity contribution < 1.29 is 8.42 Å². The van der Waals surface area contributed by atoms with E-state index in [1.54, 1.807) is 7.05 Å². The van der Waals surface area contributed by atoms with E-state index in [0.29, 0.717) is 5.82 Å². The van der Waals surface area contributed by atoms with Gasteiger partial charge in [-0.3, -0.25) is 0 Å². The molecule has 0 bridgehead atoms. The molecule has 1 aromatic heterocycles. The largest absolute Gasteiger partial charge is 0.372 e. The molecule has 0 saturated heterocycles. The van der Waals surface area contributed by atoms with Crippen molar-refractivity contribution in [3.8, 4) is 0 Å². The van der Waals surface area contributed by atoms with Gasteiger partial charge in [0, 0.05) is 26.8 Å². The third-order valence-corrected chi connectivity index (χ3v) is 5.07. The van der Waals surface area contributed by atoms with E-state index < -0.39 is 10.0 Å². The number of pyridine rings is 1. The van der Waals surface area contributed by atoms with Gasteiger partial charge in [0.05, 0.1) is 5.02 Å². The molecule has 1 aromatic carbocycles. The minimum absolute atomic E-state index is 0.0740. The Bertz CT molecular complexity index is 720. The van der Waals surface area contributed by atoms with Crippen LogP contribution in [0.15, 0.2) is 47.5 Å². The van der Waals surface area contributed by atoms with Crippen LogP contribution in [0, 0.1) is 0 Å². The Morgan fingerprint density at radius 3 is 2.52 bits per heavy atom. The van der Waals surface area contributed by atoms with Crippen LogP contribution in [0.5, 0.6) is 0 Å². The van der Waals surface area contributed by atoms with Crippen LogP contribution < -0.4 is 5.32 Å². The lowest BCUT2D eigenvalue weighted by atomic mass is 10.2. The van der Waals surface area contributed by atoms with Crippen LogP contribution in [0.1, 0.15) is 5.56 Å². The Labute approximate surface area is 129 Å². The summed E-state index contributed by atoms with van der Waals surface area (Å²) in [6, 6.07) is 10.8. The summed E-state index contributed by atoms with van der Waals surface area (Å²) in [4.78, 5) is 4.08. The van der Waals surface area contributed by atoms with Gasteiger partial charge in [-0.15, -0.1) is 0 Å². The van der Waals surface area contributed by atoms with Crippen molar-refractivity contribution in [2.24, 2.45) is 0 Å². The average molecular weight is 326 g/mol. The molecule has 0 fully saturated rings.